The first-order chi connectivity index (χ1) is 7.03. The van der Waals surface area contributed by atoms with Crippen LogP contribution in [-0.2, 0) is 4.74 Å². The maximum Gasteiger partial charge on any atom is 0.0657 e. The molecule has 0 N–H and O–H groups in total. The minimum atomic E-state index is -0.0691. The first kappa shape index (κ1) is 12.0. The average Bonchev–Trinajstić information content (AvgIpc) is 2.18. The predicted octanol–water partition coefficient (Wildman–Crippen LogP) is 3.82. The van der Waals surface area contributed by atoms with Crippen LogP contribution in [0.3, 0.4) is 0 Å². The van der Waals surface area contributed by atoms with Gasteiger partial charge in [-0.1, -0.05) is 42.0 Å². The average molecular weight is 204 g/mol. The zero-order valence-corrected chi connectivity index (χ0v) is 10.1. The lowest BCUT2D eigenvalue weighted by Crippen LogP contribution is -2.20. The minimum Gasteiger partial charge on any atom is -0.378 e. The predicted molar refractivity (Wildman–Crippen MR) is 65.9 cm³/mol. The van der Waals surface area contributed by atoms with E-state index in [4.69, 9.17) is 4.74 Å². The van der Waals surface area contributed by atoms with Crippen molar-refractivity contribution in [3.63, 3.8) is 0 Å². The van der Waals surface area contributed by atoms with E-state index in [1.165, 1.54) is 11.1 Å². The molecule has 0 aliphatic rings. The summed E-state index contributed by atoms with van der Waals surface area (Å²) in [6, 6.07) is 8.48. The van der Waals surface area contributed by atoms with Gasteiger partial charge in [-0.15, -0.1) is 0 Å². The topological polar surface area (TPSA) is 9.23 Å². The Hall–Kier alpha value is -1.08. The smallest absolute Gasteiger partial charge is 0.0657 e. The molecule has 1 heteroatoms. The van der Waals surface area contributed by atoms with Crippen molar-refractivity contribution < 1.29 is 4.74 Å². The molecule has 0 saturated carbocycles. The van der Waals surface area contributed by atoms with Crippen LogP contribution in [-0.4, -0.2) is 12.7 Å². The Bertz CT molecular complexity index is 337. The largest absolute Gasteiger partial charge is 0.378 e. The van der Waals surface area contributed by atoms with Crippen LogP contribution in [0, 0.1) is 6.92 Å². The summed E-state index contributed by atoms with van der Waals surface area (Å²) in [5, 5.41) is 0. The van der Waals surface area contributed by atoms with Gasteiger partial charge in [-0.2, -0.15) is 0 Å². The van der Waals surface area contributed by atoms with E-state index in [9.17, 15) is 0 Å². The van der Waals surface area contributed by atoms with E-state index in [-0.39, 0.29) is 5.60 Å². The highest BCUT2D eigenvalue weighted by Gasteiger charge is 2.12. The molecule has 0 heterocycles. The van der Waals surface area contributed by atoms with Crippen LogP contribution in [0.2, 0.25) is 0 Å². The molecule has 1 rings (SSSR count). The minimum absolute atomic E-state index is 0.0691. The summed E-state index contributed by atoms with van der Waals surface area (Å²) in [5.41, 5.74) is 2.48. The van der Waals surface area contributed by atoms with Crippen molar-refractivity contribution >= 4 is 6.08 Å². The molecule has 0 bridgehead atoms. The lowest BCUT2D eigenvalue weighted by molar-refractivity contribution is 0.0256. The molecule has 0 radical (unpaired) electrons. The van der Waals surface area contributed by atoms with Crippen molar-refractivity contribution in [3.8, 4) is 0 Å². The zero-order chi connectivity index (χ0) is 11.3. The molecule has 0 aliphatic heterocycles. The van der Waals surface area contributed by atoms with Gasteiger partial charge < -0.3 is 4.74 Å². The van der Waals surface area contributed by atoms with Gasteiger partial charge in [0.2, 0.25) is 0 Å². The second kappa shape index (κ2) is 5.13. The van der Waals surface area contributed by atoms with Crippen molar-refractivity contribution in [2.75, 3.05) is 7.11 Å². The lowest BCUT2D eigenvalue weighted by Gasteiger charge is -2.20. The second-order valence-corrected chi connectivity index (χ2v) is 4.48. The molecule has 0 aliphatic carbocycles. The maximum atomic E-state index is 5.35. The molecule has 15 heavy (non-hydrogen) atoms. The highest BCUT2D eigenvalue weighted by atomic mass is 16.5. The monoisotopic (exact) mass is 204 g/mol. The Labute approximate surface area is 92.8 Å². The van der Waals surface area contributed by atoms with Gasteiger partial charge in [-0.25, -0.2) is 0 Å². The van der Waals surface area contributed by atoms with Gasteiger partial charge in [0.1, 0.15) is 0 Å². The Kier molecular flexibility index (Phi) is 4.10. The summed E-state index contributed by atoms with van der Waals surface area (Å²) in [7, 11) is 1.75. The molecule has 0 saturated heterocycles. The van der Waals surface area contributed by atoms with Crippen molar-refractivity contribution in [3.05, 3.63) is 41.5 Å². The van der Waals surface area contributed by atoms with Crippen LogP contribution in [0.25, 0.3) is 6.08 Å². The summed E-state index contributed by atoms with van der Waals surface area (Å²) in [5.74, 6) is 0. The van der Waals surface area contributed by atoms with Gasteiger partial charge in [-0.3, -0.25) is 0 Å². The van der Waals surface area contributed by atoms with Crippen LogP contribution >= 0.6 is 0 Å². The van der Waals surface area contributed by atoms with Crippen molar-refractivity contribution in [1.29, 1.82) is 0 Å². The van der Waals surface area contributed by atoms with Crippen LogP contribution < -0.4 is 0 Å². The van der Waals surface area contributed by atoms with E-state index >= 15 is 0 Å². The summed E-state index contributed by atoms with van der Waals surface area (Å²) >= 11 is 0. The van der Waals surface area contributed by atoms with Gasteiger partial charge in [0.05, 0.1) is 5.60 Å². The quantitative estimate of drug-likeness (QED) is 0.724. The lowest BCUT2D eigenvalue weighted by atomic mass is 10.0. The molecule has 0 atom stereocenters. The Morgan fingerprint density at radius 3 is 2.67 bits per heavy atom. The number of rotatable bonds is 4. The van der Waals surface area contributed by atoms with Gasteiger partial charge in [0.25, 0.3) is 0 Å². The Morgan fingerprint density at radius 1 is 1.33 bits per heavy atom. The van der Waals surface area contributed by atoms with Gasteiger partial charge in [0.15, 0.2) is 0 Å². The fraction of sp³-hybridized carbons (Fsp3) is 0.429. The summed E-state index contributed by atoms with van der Waals surface area (Å²) in [4.78, 5) is 0. The van der Waals surface area contributed by atoms with E-state index in [1.54, 1.807) is 7.11 Å². The van der Waals surface area contributed by atoms with Crippen LogP contribution in [0.15, 0.2) is 30.3 Å². The molecular formula is C14H20O. The molecular weight excluding hydrogens is 184 g/mol. The Morgan fingerprint density at radius 2 is 2.07 bits per heavy atom. The molecule has 1 aromatic carbocycles. The third-order valence-electron chi connectivity index (χ3n) is 2.51. The molecule has 1 aromatic rings. The zero-order valence-electron chi connectivity index (χ0n) is 10.1. The standard InChI is InChI=1S/C14H20O/c1-12-7-5-8-13(11-12)9-6-10-14(2,3)15-4/h5-9,11H,10H2,1-4H3/b9-6+. The molecule has 0 aromatic heterocycles. The van der Waals surface area contributed by atoms with E-state index in [1.807, 2.05) is 0 Å². The van der Waals surface area contributed by atoms with Gasteiger partial charge >= 0.3 is 0 Å². The highest BCUT2D eigenvalue weighted by Crippen LogP contribution is 2.15. The van der Waals surface area contributed by atoms with Gasteiger partial charge in [0, 0.05) is 7.11 Å². The first-order valence-corrected chi connectivity index (χ1v) is 5.32. The number of benzene rings is 1. The van der Waals surface area contributed by atoms with Crippen molar-refractivity contribution in [1.82, 2.24) is 0 Å². The van der Waals surface area contributed by atoms with Crippen molar-refractivity contribution in [2.45, 2.75) is 32.8 Å². The first-order valence-electron chi connectivity index (χ1n) is 5.32. The molecule has 1 nitrogen and oxygen atoms in total. The maximum absolute atomic E-state index is 5.35. The number of aryl methyl sites for hydroxylation is 1. The molecule has 0 amide bonds. The number of ether oxygens (including phenoxy) is 1. The van der Waals surface area contributed by atoms with E-state index in [2.05, 4.69) is 57.2 Å². The van der Waals surface area contributed by atoms with E-state index < -0.39 is 0 Å². The fourth-order valence-corrected chi connectivity index (χ4v) is 1.34. The molecule has 0 unspecified atom stereocenters. The Balaban J connectivity index is 2.59. The summed E-state index contributed by atoms with van der Waals surface area (Å²) < 4.78 is 5.35. The highest BCUT2D eigenvalue weighted by molar-refractivity contribution is 5.50. The third-order valence-corrected chi connectivity index (χ3v) is 2.51. The normalized spacial score (nSPS) is 12.3. The second-order valence-electron chi connectivity index (χ2n) is 4.48. The van der Waals surface area contributed by atoms with Crippen molar-refractivity contribution in [2.24, 2.45) is 0 Å². The van der Waals surface area contributed by atoms with Crippen LogP contribution in [0.5, 0.6) is 0 Å². The van der Waals surface area contributed by atoms with Gasteiger partial charge in [-0.05, 0) is 32.8 Å². The van der Waals surface area contributed by atoms with Crippen LogP contribution in [0.4, 0.5) is 0 Å². The fourth-order valence-electron chi connectivity index (χ4n) is 1.34. The number of hydrogen-bond acceptors (Lipinski definition) is 1. The third kappa shape index (κ3) is 4.30. The number of hydrogen-bond donors (Lipinski definition) is 0. The van der Waals surface area contributed by atoms with E-state index in [0.717, 1.165) is 6.42 Å². The number of methoxy groups -OCH3 is 1. The van der Waals surface area contributed by atoms with Crippen LogP contribution in [0.1, 0.15) is 31.4 Å². The SMILES string of the molecule is COC(C)(C)C/C=C/c1cccc(C)c1. The summed E-state index contributed by atoms with van der Waals surface area (Å²) in [6.45, 7) is 6.29. The molecule has 0 spiro atoms. The summed E-state index contributed by atoms with van der Waals surface area (Å²) in [6.07, 6.45) is 5.24. The molecule has 82 valence electrons. The van der Waals surface area contributed by atoms with E-state index in [0.29, 0.717) is 0 Å². The molecule has 0 fully saturated rings.